The molecule has 1 N–H and O–H groups in total. The van der Waals surface area contributed by atoms with Gasteiger partial charge >= 0.3 is 0 Å². The highest BCUT2D eigenvalue weighted by atomic mass is 79.9. The fourth-order valence-corrected chi connectivity index (χ4v) is 3.26. The number of halogens is 1. The van der Waals surface area contributed by atoms with Crippen LogP contribution in [0.4, 0.5) is 0 Å². The molecule has 0 aromatic heterocycles. The Labute approximate surface area is 119 Å². The molecular weight excluding hydrogens is 288 g/mol. The highest BCUT2D eigenvalue weighted by molar-refractivity contribution is 9.10. The first-order chi connectivity index (χ1) is 8.58. The topological polar surface area (TPSA) is 20.2 Å². The van der Waals surface area contributed by atoms with Gasteiger partial charge in [-0.05, 0) is 49.3 Å². The van der Waals surface area contributed by atoms with Crippen LogP contribution in [0.15, 0.2) is 16.6 Å². The lowest BCUT2D eigenvalue weighted by Gasteiger charge is -2.16. The molecule has 100 valence electrons. The van der Waals surface area contributed by atoms with Crippen LogP contribution in [0.3, 0.4) is 0 Å². The molecular formula is C16H23BrO. The van der Waals surface area contributed by atoms with Gasteiger partial charge in [-0.1, -0.05) is 53.7 Å². The molecule has 0 amide bonds. The number of aryl methyl sites for hydroxylation is 2. The van der Waals surface area contributed by atoms with Crippen molar-refractivity contribution in [1.29, 1.82) is 0 Å². The molecule has 1 atom stereocenters. The molecule has 1 aliphatic carbocycles. The van der Waals surface area contributed by atoms with E-state index in [0.29, 0.717) is 0 Å². The van der Waals surface area contributed by atoms with Crippen molar-refractivity contribution in [1.82, 2.24) is 0 Å². The number of hydrogen-bond donors (Lipinski definition) is 1. The van der Waals surface area contributed by atoms with E-state index in [-0.39, 0.29) is 6.10 Å². The Morgan fingerprint density at radius 1 is 1.22 bits per heavy atom. The molecule has 18 heavy (non-hydrogen) atoms. The van der Waals surface area contributed by atoms with Crippen LogP contribution in [0.2, 0.25) is 0 Å². The summed E-state index contributed by atoms with van der Waals surface area (Å²) < 4.78 is 1.16. The summed E-state index contributed by atoms with van der Waals surface area (Å²) in [6.45, 7) is 4.18. The summed E-state index contributed by atoms with van der Waals surface area (Å²) in [6.07, 6.45) is 7.29. The first kappa shape index (κ1) is 14.1. The van der Waals surface area contributed by atoms with Gasteiger partial charge in [0.1, 0.15) is 0 Å². The summed E-state index contributed by atoms with van der Waals surface area (Å²) in [5.41, 5.74) is 3.50. The van der Waals surface area contributed by atoms with Gasteiger partial charge in [-0.25, -0.2) is 0 Å². The maximum atomic E-state index is 10.3. The molecule has 0 spiro atoms. The maximum absolute atomic E-state index is 10.3. The van der Waals surface area contributed by atoms with Crippen molar-refractivity contribution in [2.75, 3.05) is 0 Å². The van der Waals surface area contributed by atoms with Crippen LogP contribution in [0.1, 0.15) is 61.3 Å². The summed E-state index contributed by atoms with van der Waals surface area (Å²) >= 11 is 3.57. The summed E-state index contributed by atoms with van der Waals surface area (Å²) in [5, 5.41) is 10.3. The third-order valence-electron chi connectivity index (χ3n) is 4.17. The Morgan fingerprint density at radius 3 is 2.33 bits per heavy atom. The quantitative estimate of drug-likeness (QED) is 0.823. The summed E-state index contributed by atoms with van der Waals surface area (Å²) in [4.78, 5) is 0. The molecule has 0 heterocycles. The second kappa shape index (κ2) is 6.21. The Kier molecular flexibility index (Phi) is 4.85. The molecule has 1 fully saturated rings. The summed E-state index contributed by atoms with van der Waals surface area (Å²) in [7, 11) is 0. The van der Waals surface area contributed by atoms with Crippen molar-refractivity contribution in [3.8, 4) is 0 Å². The second-order valence-corrected chi connectivity index (χ2v) is 6.51. The van der Waals surface area contributed by atoms with Gasteiger partial charge < -0.3 is 5.11 Å². The van der Waals surface area contributed by atoms with E-state index >= 15 is 0 Å². The number of hydrogen-bond acceptors (Lipinski definition) is 1. The molecule has 2 heteroatoms. The first-order valence-corrected chi connectivity index (χ1v) is 7.82. The molecule has 2 rings (SSSR count). The summed E-state index contributed by atoms with van der Waals surface area (Å²) in [5.74, 6) is 0.859. The SMILES string of the molecule is Cc1cc(C(O)CCC2CCCC2)cc(C)c1Br. The zero-order chi connectivity index (χ0) is 13.1. The molecule has 1 unspecified atom stereocenters. The molecule has 1 saturated carbocycles. The molecule has 0 saturated heterocycles. The number of rotatable bonds is 4. The fourth-order valence-electron chi connectivity index (χ4n) is 3.03. The van der Waals surface area contributed by atoms with Gasteiger partial charge in [-0.3, -0.25) is 0 Å². The van der Waals surface area contributed by atoms with Crippen molar-refractivity contribution >= 4 is 15.9 Å². The van der Waals surface area contributed by atoms with Gasteiger partial charge in [0.2, 0.25) is 0 Å². The van der Waals surface area contributed by atoms with Crippen molar-refractivity contribution in [3.05, 3.63) is 33.3 Å². The third kappa shape index (κ3) is 3.36. The average molecular weight is 311 g/mol. The van der Waals surface area contributed by atoms with Crippen LogP contribution < -0.4 is 0 Å². The zero-order valence-corrected chi connectivity index (χ0v) is 13.0. The average Bonchev–Trinajstić information content (AvgIpc) is 2.85. The van der Waals surface area contributed by atoms with Crippen molar-refractivity contribution in [2.45, 2.75) is 58.5 Å². The van der Waals surface area contributed by atoms with Crippen LogP contribution in [0.5, 0.6) is 0 Å². The minimum Gasteiger partial charge on any atom is -0.388 e. The molecule has 0 radical (unpaired) electrons. The van der Waals surface area contributed by atoms with E-state index < -0.39 is 0 Å². The fraction of sp³-hybridized carbons (Fsp3) is 0.625. The van der Waals surface area contributed by atoms with Gasteiger partial charge in [0.05, 0.1) is 6.10 Å². The predicted molar refractivity (Wildman–Crippen MR) is 79.8 cm³/mol. The number of benzene rings is 1. The van der Waals surface area contributed by atoms with Gasteiger partial charge in [0.25, 0.3) is 0 Å². The zero-order valence-electron chi connectivity index (χ0n) is 11.4. The smallest absolute Gasteiger partial charge is 0.0790 e. The monoisotopic (exact) mass is 310 g/mol. The van der Waals surface area contributed by atoms with Gasteiger partial charge in [-0.2, -0.15) is 0 Å². The Bertz CT molecular complexity index is 385. The lowest BCUT2D eigenvalue weighted by atomic mass is 9.95. The lowest BCUT2D eigenvalue weighted by molar-refractivity contribution is 0.157. The van der Waals surface area contributed by atoms with E-state index in [1.165, 1.54) is 43.2 Å². The lowest BCUT2D eigenvalue weighted by Crippen LogP contribution is -2.02. The van der Waals surface area contributed by atoms with Gasteiger partial charge in [0, 0.05) is 4.47 Å². The van der Waals surface area contributed by atoms with Crippen LogP contribution in [0, 0.1) is 19.8 Å². The maximum Gasteiger partial charge on any atom is 0.0790 e. The Balaban J connectivity index is 1.97. The number of aliphatic hydroxyl groups excluding tert-OH is 1. The first-order valence-electron chi connectivity index (χ1n) is 7.02. The second-order valence-electron chi connectivity index (χ2n) is 5.71. The Morgan fingerprint density at radius 2 is 1.78 bits per heavy atom. The molecule has 0 bridgehead atoms. The van der Waals surface area contributed by atoms with E-state index in [9.17, 15) is 5.11 Å². The van der Waals surface area contributed by atoms with Crippen LogP contribution in [-0.2, 0) is 0 Å². The molecule has 1 aromatic carbocycles. The van der Waals surface area contributed by atoms with Crippen molar-refractivity contribution in [2.24, 2.45) is 5.92 Å². The predicted octanol–water partition coefficient (Wildman–Crippen LogP) is 5.07. The standard InChI is InChI=1S/C16H23BrO/c1-11-9-14(10-12(2)16(11)17)15(18)8-7-13-5-3-4-6-13/h9-10,13,15,18H,3-8H2,1-2H3. The summed E-state index contributed by atoms with van der Waals surface area (Å²) in [6, 6.07) is 4.22. The van der Waals surface area contributed by atoms with E-state index in [0.717, 1.165) is 22.4 Å². The van der Waals surface area contributed by atoms with E-state index in [2.05, 4.69) is 41.9 Å². The van der Waals surface area contributed by atoms with Crippen molar-refractivity contribution < 1.29 is 5.11 Å². The van der Waals surface area contributed by atoms with E-state index in [1.807, 2.05) is 0 Å². The normalized spacial score (nSPS) is 18.2. The van der Waals surface area contributed by atoms with Crippen LogP contribution in [0.25, 0.3) is 0 Å². The van der Waals surface area contributed by atoms with Crippen LogP contribution >= 0.6 is 15.9 Å². The number of aliphatic hydroxyl groups is 1. The molecule has 0 aliphatic heterocycles. The molecule has 1 nitrogen and oxygen atoms in total. The highest BCUT2D eigenvalue weighted by Gasteiger charge is 2.17. The van der Waals surface area contributed by atoms with Gasteiger partial charge in [0.15, 0.2) is 0 Å². The minimum absolute atomic E-state index is 0.295. The Hall–Kier alpha value is -0.340. The minimum atomic E-state index is -0.295. The van der Waals surface area contributed by atoms with Gasteiger partial charge in [-0.15, -0.1) is 0 Å². The largest absolute Gasteiger partial charge is 0.388 e. The highest BCUT2D eigenvalue weighted by Crippen LogP contribution is 2.32. The van der Waals surface area contributed by atoms with E-state index in [4.69, 9.17) is 0 Å². The molecule has 1 aliphatic rings. The van der Waals surface area contributed by atoms with Crippen molar-refractivity contribution in [3.63, 3.8) is 0 Å². The third-order valence-corrected chi connectivity index (χ3v) is 5.42. The van der Waals surface area contributed by atoms with Crippen LogP contribution in [-0.4, -0.2) is 5.11 Å². The van der Waals surface area contributed by atoms with E-state index in [1.54, 1.807) is 0 Å². The molecule has 1 aromatic rings.